The van der Waals surface area contributed by atoms with E-state index in [0.717, 1.165) is 53.9 Å². The molecule has 1 saturated carbocycles. The van der Waals surface area contributed by atoms with Gasteiger partial charge in [-0.2, -0.15) is 5.10 Å². The Hall–Kier alpha value is -2.25. The second-order valence-electron chi connectivity index (χ2n) is 6.77. The second kappa shape index (κ2) is 7.55. The SMILES string of the molecule is Cc1nn(C)c2nc(-c3ccccn3)nc(NC3CCC(N)CC3)c12.Cl. The molecule has 7 nitrogen and oxygen atoms in total. The van der Waals surface area contributed by atoms with Crippen LogP contribution in [0.4, 0.5) is 5.82 Å². The number of hydrogen-bond donors (Lipinski definition) is 2. The number of nitrogens with zero attached hydrogens (tertiary/aromatic N) is 5. The van der Waals surface area contributed by atoms with Crippen molar-refractivity contribution in [2.45, 2.75) is 44.7 Å². The van der Waals surface area contributed by atoms with Crippen LogP contribution in [0.15, 0.2) is 24.4 Å². The van der Waals surface area contributed by atoms with Crippen LogP contribution >= 0.6 is 12.4 Å². The van der Waals surface area contributed by atoms with Crippen LogP contribution in [-0.4, -0.2) is 36.8 Å². The van der Waals surface area contributed by atoms with Crippen molar-refractivity contribution in [2.75, 3.05) is 5.32 Å². The number of rotatable bonds is 3. The van der Waals surface area contributed by atoms with E-state index < -0.39 is 0 Å². The van der Waals surface area contributed by atoms with Crippen molar-refractivity contribution < 1.29 is 0 Å². The summed E-state index contributed by atoms with van der Waals surface area (Å²) in [5, 5.41) is 9.13. The first-order chi connectivity index (χ1) is 12.1. The first kappa shape index (κ1) is 18.5. The molecule has 0 aromatic carbocycles. The summed E-state index contributed by atoms with van der Waals surface area (Å²) in [5.41, 5.74) is 8.55. The lowest BCUT2D eigenvalue weighted by atomic mass is 9.92. The highest BCUT2D eigenvalue weighted by atomic mass is 35.5. The average molecular weight is 374 g/mol. The van der Waals surface area contributed by atoms with E-state index >= 15 is 0 Å². The summed E-state index contributed by atoms with van der Waals surface area (Å²) in [4.78, 5) is 13.9. The second-order valence-corrected chi connectivity index (χ2v) is 6.77. The molecule has 0 amide bonds. The molecule has 3 heterocycles. The monoisotopic (exact) mass is 373 g/mol. The summed E-state index contributed by atoms with van der Waals surface area (Å²) in [6, 6.07) is 6.47. The van der Waals surface area contributed by atoms with Crippen molar-refractivity contribution in [1.82, 2.24) is 24.7 Å². The van der Waals surface area contributed by atoms with Crippen LogP contribution < -0.4 is 11.1 Å². The smallest absolute Gasteiger partial charge is 0.182 e. The van der Waals surface area contributed by atoms with Crippen molar-refractivity contribution in [2.24, 2.45) is 12.8 Å². The van der Waals surface area contributed by atoms with E-state index in [4.69, 9.17) is 15.7 Å². The van der Waals surface area contributed by atoms with E-state index in [1.807, 2.05) is 32.2 Å². The lowest BCUT2D eigenvalue weighted by molar-refractivity contribution is 0.410. The molecule has 26 heavy (non-hydrogen) atoms. The molecular formula is C18H24ClN7. The molecule has 3 N–H and O–H groups in total. The maximum atomic E-state index is 6.03. The van der Waals surface area contributed by atoms with Crippen LogP contribution in [-0.2, 0) is 7.05 Å². The van der Waals surface area contributed by atoms with Crippen LogP contribution in [0.1, 0.15) is 31.4 Å². The zero-order valence-electron chi connectivity index (χ0n) is 15.0. The summed E-state index contributed by atoms with van der Waals surface area (Å²) in [7, 11) is 1.91. The number of pyridine rings is 1. The van der Waals surface area contributed by atoms with Crippen molar-refractivity contribution in [1.29, 1.82) is 0 Å². The number of fused-ring (bicyclic) bond motifs is 1. The fraction of sp³-hybridized carbons (Fsp3) is 0.444. The molecule has 3 aromatic rings. The molecule has 1 aliphatic carbocycles. The highest BCUT2D eigenvalue weighted by molar-refractivity contribution is 5.90. The van der Waals surface area contributed by atoms with Crippen LogP contribution in [0.2, 0.25) is 0 Å². The van der Waals surface area contributed by atoms with Gasteiger partial charge in [0.05, 0.1) is 11.1 Å². The number of anilines is 1. The molecule has 3 aromatic heterocycles. The molecule has 0 bridgehead atoms. The van der Waals surface area contributed by atoms with E-state index in [9.17, 15) is 0 Å². The number of nitrogens with one attached hydrogen (secondary N) is 1. The van der Waals surface area contributed by atoms with Gasteiger partial charge in [-0.05, 0) is 44.7 Å². The highest BCUT2D eigenvalue weighted by Gasteiger charge is 2.22. The van der Waals surface area contributed by atoms with Crippen LogP contribution in [0.3, 0.4) is 0 Å². The quantitative estimate of drug-likeness (QED) is 0.733. The van der Waals surface area contributed by atoms with Gasteiger partial charge in [-0.1, -0.05) is 6.07 Å². The Labute approximate surface area is 158 Å². The summed E-state index contributed by atoms with van der Waals surface area (Å²) < 4.78 is 1.81. The summed E-state index contributed by atoms with van der Waals surface area (Å²) in [6.07, 6.45) is 5.97. The fourth-order valence-electron chi connectivity index (χ4n) is 3.51. The molecule has 1 aliphatic rings. The Morgan fingerprint density at radius 1 is 1.15 bits per heavy atom. The Morgan fingerprint density at radius 3 is 2.62 bits per heavy atom. The summed E-state index contributed by atoms with van der Waals surface area (Å²) >= 11 is 0. The third-order valence-electron chi connectivity index (χ3n) is 4.86. The Balaban J connectivity index is 0.00000196. The number of halogens is 1. The average Bonchev–Trinajstić information content (AvgIpc) is 2.92. The Bertz CT molecular complexity index is 885. The molecule has 1 fully saturated rings. The first-order valence-corrected chi connectivity index (χ1v) is 8.76. The minimum absolute atomic E-state index is 0. The Kier molecular flexibility index (Phi) is 5.38. The number of aromatic nitrogens is 5. The topological polar surface area (TPSA) is 94.5 Å². The van der Waals surface area contributed by atoms with Gasteiger partial charge in [0.1, 0.15) is 11.5 Å². The van der Waals surface area contributed by atoms with E-state index in [0.29, 0.717) is 17.9 Å². The van der Waals surface area contributed by atoms with E-state index in [-0.39, 0.29) is 12.4 Å². The molecule has 0 unspecified atom stereocenters. The largest absolute Gasteiger partial charge is 0.367 e. The van der Waals surface area contributed by atoms with Crippen molar-refractivity contribution in [3.63, 3.8) is 0 Å². The maximum absolute atomic E-state index is 6.03. The Morgan fingerprint density at radius 2 is 1.92 bits per heavy atom. The molecule has 0 spiro atoms. The predicted molar refractivity (Wildman–Crippen MR) is 105 cm³/mol. The van der Waals surface area contributed by atoms with Gasteiger partial charge in [0.25, 0.3) is 0 Å². The third-order valence-corrected chi connectivity index (χ3v) is 4.86. The van der Waals surface area contributed by atoms with Gasteiger partial charge in [-0.15, -0.1) is 12.4 Å². The molecule has 4 rings (SSSR count). The van der Waals surface area contributed by atoms with Crippen LogP contribution in [0.25, 0.3) is 22.6 Å². The number of nitrogens with two attached hydrogens (primary N) is 1. The van der Waals surface area contributed by atoms with Crippen LogP contribution in [0.5, 0.6) is 0 Å². The first-order valence-electron chi connectivity index (χ1n) is 8.76. The lowest BCUT2D eigenvalue weighted by Gasteiger charge is -2.27. The van der Waals surface area contributed by atoms with E-state index in [1.54, 1.807) is 10.9 Å². The van der Waals surface area contributed by atoms with E-state index in [1.165, 1.54) is 0 Å². The molecule has 0 atom stereocenters. The van der Waals surface area contributed by atoms with Gasteiger partial charge in [-0.25, -0.2) is 9.97 Å². The van der Waals surface area contributed by atoms with Gasteiger partial charge in [-0.3, -0.25) is 9.67 Å². The van der Waals surface area contributed by atoms with Crippen molar-refractivity contribution >= 4 is 29.3 Å². The number of hydrogen-bond acceptors (Lipinski definition) is 6. The normalized spacial score (nSPS) is 20.0. The van der Waals surface area contributed by atoms with E-state index in [2.05, 4.69) is 15.4 Å². The minimum atomic E-state index is 0. The molecule has 138 valence electrons. The molecule has 8 heteroatoms. The minimum Gasteiger partial charge on any atom is -0.367 e. The number of aryl methyl sites for hydroxylation is 2. The highest BCUT2D eigenvalue weighted by Crippen LogP contribution is 2.29. The fourth-order valence-corrected chi connectivity index (χ4v) is 3.51. The molecule has 0 saturated heterocycles. The summed E-state index contributed by atoms with van der Waals surface area (Å²) in [6.45, 7) is 1.99. The molecular weight excluding hydrogens is 350 g/mol. The van der Waals surface area contributed by atoms with Crippen molar-refractivity contribution in [3.8, 4) is 11.5 Å². The van der Waals surface area contributed by atoms with Gasteiger partial charge in [0.15, 0.2) is 11.5 Å². The predicted octanol–water partition coefficient (Wildman–Crippen LogP) is 2.84. The standard InChI is InChI=1S/C18H23N7.ClH/c1-11-15-17(21-13-8-6-12(19)7-9-13)22-16(14-5-3-4-10-20-14)23-18(15)25(2)24-11;/h3-5,10,12-13H,6-9,19H2,1-2H3,(H,21,22,23);1H. The zero-order valence-corrected chi connectivity index (χ0v) is 15.8. The maximum Gasteiger partial charge on any atom is 0.182 e. The van der Waals surface area contributed by atoms with Gasteiger partial charge >= 0.3 is 0 Å². The lowest BCUT2D eigenvalue weighted by Crippen LogP contribution is -2.33. The molecule has 0 radical (unpaired) electrons. The van der Waals surface area contributed by atoms with Crippen molar-refractivity contribution in [3.05, 3.63) is 30.1 Å². The summed E-state index contributed by atoms with van der Waals surface area (Å²) in [5.74, 6) is 1.46. The van der Waals surface area contributed by atoms with Crippen LogP contribution in [0, 0.1) is 6.92 Å². The van der Waals surface area contributed by atoms with Gasteiger partial charge in [0.2, 0.25) is 0 Å². The van der Waals surface area contributed by atoms with Gasteiger partial charge < -0.3 is 11.1 Å². The third kappa shape index (κ3) is 3.50. The molecule has 0 aliphatic heterocycles. The van der Waals surface area contributed by atoms with Gasteiger partial charge in [0, 0.05) is 25.3 Å². The zero-order chi connectivity index (χ0) is 17.4.